The smallest absolute Gasteiger partial charge is 0.243 e. The molecule has 21 heavy (non-hydrogen) atoms. The van der Waals surface area contributed by atoms with Crippen LogP contribution in [-0.2, 0) is 24.6 Å². The Morgan fingerprint density at radius 2 is 1.95 bits per heavy atom. The standard InChI is InChI=1S/C11H15ClFNO5S2/c1-19-7-8(6-12)14-21(17,18)11-5-9(20(2,15)16)3-4-10(11)13/h3-5,8,14H,6-7H2,1-2H3. The van der Waals surface area contributed by atoms with Crippen LogP contribution in [0.1, 0.15) is 0 Å². The number of nitrogens with one attached hydrogen (secondary N) is 1. The summed E-state index contributed by atoms with van der Waals surface area (Å²) < 4.78 is 67.7. The molecule has 120 valence electrons. The van der Waals surface area contributed by atoms with E-state index in [0.717, 1.165) is 24.5 Å². The number of methoxy groups -OCH3 is 1. The number of hydrogen-bond acceptors (Lipinski definition) is 5. The zero-order valence-electron chi connectivity index (χ0n) is 11.3. The van der Waals surface area contributed by atoms with Crippen molar-refractivity contribution in [1.29, 1.82) is 0 Å². The lowest BCUT2D eigenvalue weighted by molar-refractivity contribution is 0.181. The number of rotatable bonds is 7. The molecule has 1 rings (SSSR count). The minimum absolute atomic E-state index is 0.00385. The van der Waals surface area contributed by atoms with Crippen LogP contribution < -0.4 is 4.72 Å². The summed E-state index contributed by atoms with van der Waals surface area (Å²) in [5.41, 5.74) is 0. The molecule has 1 aromatic rings. The highest BCUT2D eigenvalue weighted by Crippen LogP contribution is 2.20. The van der Waals surface area contributed by atoms with Crippen LogP contribution in [0.5, 0.6) is 0 Å². The molecule has 10 heteroatoms. The van der Waals surface area contributed by atoms with Crippen molar-refractivity contribution >= 4 is 31.5 Å². The van der Waals surface area contributed by atoms with Gasteiger partial charge >= 0.3 is 0 Å². The van der Waals surface area contributed by atoms with Crippen LogP contribution in [0.2, 0.25) is 0 Å². The Hall–Kier alpha value is -0.740. The van der Waals surface area contributed by atoms with Crippen LogP contribution in [0, 0.1) is 5.82 Å². The first kappa shape index (κ1) is 18.3. The van der Waals surface area contributed by atoms with Gasteiger partial charge in [0.2, 0.25) is 10.0 Å². The van der Waals surface area contributed by atoms with Gasteiger partial charge in [0.25, 0.3) is 0 Å². The second kappa shape index (κ2) is 7.01. The molecule has 0 bridgehead atoms. The van der Waals surface area contributed by atoms with Crippen molar-refractivity contribution in [2.75, 3.05) is 25.9 Å². The number of alkyl halides is 1. The fraction of sp³-hybridized carbons (Fsp3) is 0.455. The van der Waals surface area contributed by atoms with Crippen molar-refractivity contribution in [3.05, 3.63) is 24.0 Å². The van der Waals surface area contributed by atoms with Gasteiger partial charge in [-0.25, -0.2) is 25.9 Å². The Balaban J connectivity index is 3.25. The zero-order valence-corrected chi connectivity index (χ0v) is 13.7. The maximum absolute atomic E-state index is 13.7. The van der Waals surface area contributed by atoms with Crippen molar-refractivity contribution < 1.29 is 26.0 Å². The third-order valence-corrected chi connectivity index (χ3v) is 5.51. The van der Waals surface area contributed by atoms with Crippen molar-refractivity contribution in [2.24, 2.45) is 0 Å². The lowest BCUT2D eigenvalue weighted by atomic mass is 10.3. The van der Waals surface area contributed by atoms with Gasteiger partial charge in [-0.05, 0) is 18.2 Å². The molecule has 0 aliphatic rings. The third-order valence-electron chi connectivity index (χ3n) is 2.50. The second-order valence-corrected chi connectivity index (χ2v) is 8.30. The van der Waals surface area contributed by atoms with Crippen molar-refractivity contribution in [2.45, 2.75) is 15.8 Å². The predicted octanol–water partition coefficient (Wildman–Crippen LogP) is 0.761. The van der Waals surface area contributed by atoms with Crippen molar-refractivity contribution in [1.82, 2.24) is 4.72 Å². The lowest BCUT2D eigenvalue weighted by Gasteiger charge is -2.16. The zero-order chi connectivity index (χ0) is 16.3. The van der Waals surface area contributed by atoms with E-state index in [0.29, 0.717) is 0 Å². The number of halogens is 2. The van der Waals surface area contributed by atoms with E-state index in [1.807, 2.05) is 0 Å². The molecular weight excluding hydrogens is 345 g/mol. The van der Waals surface area contributed by atoms with E-state index < -0.39 is 36.6 Å². The Morgan fingerprint density at radius 3 is 2.43 bits per heavy atom. The lowest BCUT2D eigenvalue weighted by Crippen LogP contribution is -2.39. The summed E-state index contributed by atoms with van der Waals surface area (Å²) in [5, 5.41) is 0. The van der Waals surface area contributed by atoms with Crippen LogP contribution in [0.25, 0.3) is 0 Å². The van der Waals surface area contributed by atoms with Gasteiger partial charge < -0.3 is 4.74 Å². The van der Waals surface area contributed by atoms with Gasteiger partial charge in [-0.15, -0.1) is 11.6 Å². The highest BCUT2D eigenvalue weighted by Gasteiger charge is 2.24. The number of benzene rings is 1. The third kappa shape index (κ3) is 4.89. The predicted molar refractivity (Wildman–Crippen MR) is 76.2 cm³/mol. The molecule has 1 unspecified atom stereocenters. The van der Waals surface area contributed by atoms with Crippen LogP contribution >= 0.6 is 11.6 Å². The largest absolute Gasteiger partial charge is 0.383 e. The molecule has 1 aromatic carbocycles. The quantitative estimate of drug-likeness (QED) is 0.573. The molecule has 0 radical (unpaired) electrons. The molecule has 0 aromatic heterocycles. The average molecular weight is 360 g/mol. The molecule has 0 saturated carbocycles. The molecule has 0 spiro atoms. The first-order chi connectivity index (χ1) is 9.61. The molecule has 1 N–H and O–H groups in total. The highest BCUT2D eigenvalue weighted by atomic mass is 35.5. The van der Waals surface area contributed by atoms with Gasteiger partial charge in [0.1, 0.15) is 10.7 Å². The molecule has 0 heterocycles. The minimum atomic E-state index is -4.26. The maximum Gasteiger partial charge on any atom is 0.243 e. The summed E-state index contributed by atoms with van der Waals surface area (Å²) in [4.78, 5) is -1.05. The Bertz CT molecular complexity index is 705. The molecule has 0 saturated heterocycles. The van der Waals surface area contributed by atoms with Gasteiger partial charge in [-0.3, -0.25) is 0 Å². The summed E-state index contributed by atoms with van der Waals surface area (Å²) in [6.45, 7) is -0.00385. The monoisotopic (exact) mass is 359 g/mol. The molecule has 0 aliphatic heterocycles. The first-order valence-corrected chi connectivity index (χ1v) is 9.59. The fourth-order valence-electron chi connectivity index (χ4n) is 1.51. The number of ether oxygens (including phenoxy) is 1. The highest BCUT2D eigenvalue weighted by molar-refractivity contribution is 7.91. The van der Waals surface area contributed by atoms with E-state index in [1.165, 1.54) is 7.11 Å². The van der Waals surface area contributed by atoms with E-state index in [2.05, 4.69) is 4.72 Å². The van der Waals surface area contributed by atoms with Crippen LogP contribution in [0.3, 0.4) is 0 Å². The van der Waals surface area contributed by atoms with Gasteiger partial charge in [-0.1, -0.05) is 0 Å². The Labute approximate surface area is 128 Å². The molecule has 1 atom stereocenters. The van der Waals surface area contributed by atoms with E-state index >= 15 is 0 Å². The van der Waals surface area contributed by atoms with Crippen molar-refractivity contribution in [3.8, 4) is 0 Å². The Morgan fingerprint density at radius 1 is 1.33 bits per heavy atom. The summed E-state index contributed by atoms with van der Waals surface area (Å²) in [6.07, 6.45) is 0.899. The van der Waals surface area contributed by atoms with E-state index in [1.54, 1.807) is 0 Å². The van der Waals surface area contributed by atoms with E-state index in [-0.39, 0.29) is 17.4 Å². The molecule has 0 aliphatic carbocycles. The van der Waals surface area contributed by atoms with Gasteiger partial charge in [0, 0.05) is 19.2 Å². The molecule has 6 nitrogen and oxygen atoms in total. The average Bonchev–Trinajstić information content (AvgIpc) is 2.36. The van der Waals surface area contributed by atoms with E-state index in [4.69, 9.17) is 16.3 Å². The summed E-state index contributed by atoms with van der Waals surface area (Å²) >= 11 is 5.59. The topological polar surface area (TPSA) is 89.5 Å². The minimum Gasteiger partial charge on any atom is -0.383 e. The number of sulfonamides is 1. The summed E-state index contributed by atoms with van der Waals surface area (Å²) in [5.74, 6) is -1.14. The molecule has 0 amide bonds. The SMILES string of the molecule is COCC(CCl)NS(=O)(=O)c1cc(S(C)(=O)=O)ccc1F. The maximum atomic E-state index is 13.7. The number of sulfone groups is 1. The van der Waals surface area contributed by atoms with E-state index in [9.17, 15) is 21.2 Å². The van der Waals surface area contributed by atoms with Gasteiger partial charge in [-0.2, -0.15) is 0 Å². The Kier molecular flexibility index (Phi) is 6.11. The van der Waals surface area contributed by atoms with Gasteiger partial charge in [0.15, 0.2) is 9.84 Å². The second-order valence-electron chi connectivity index (χ2n) is 4.29. The number of hydrogen-bond donors (Lipinski definition) is 1. The molecular formula is C11H15ClFNO5S2. The van der Waals surface area contributed by atoms with Crippen molar-refractivity contribution in [3.63, 3.8) is 0 Å². The van der Waals surface area contributed by atoms with Gasteiger partial charge in [0.05, 0.1) is 17.5 Å². The molecule has 0 fully saturated rings. The van der Waals surface area contributed by atoms with Crippen LogP contribution in [-0.4, -0.2) is 48.7 Å². The first-order valence-electron chi connectivity index (χ1n) is 5.68. The summed E-state index contributed by atoms with van der Waals surface area (Å²) in [7, 11) is -6.56. The normalized spacial score (nSPS) is 14.1. The summed E-state index contributed by atoms with van der Waals surface area (Å²) in [6, 6.07) is 1.79. The fourth-order valence-corrected chi connectivity index (χ4v) is 3.82. The van der Waals surface area contributed by atoms with Crippen LogP contribution in [0.4, 0.5) is 4.39 Å². The van der Waals surface area contributed by atoms with Crippen LogP contribution in [0.15, 0.2) is 28.0 Å².